The van der Waals surface area contributed by atoms with Crippen LogP contribution in [0.4, 0.5) is 4.79 Å². The predicted octanol–water partition coefficient (Wildman–Crippen LogP) is 4.61. The summed E-state index contributed by atoms with van der Waals surface area (Å²) in [7, 11) is 1.60. The van der Waals surface area contributed by atoms with Crippen molar-refractivity contribution in [3.63, 3.8) is 0 Å². The lowest BCUT2D eigenvalue weighted by atomic mass is 10.1. The Bertz CT molecular complexity index is 965. The van der Waals surface area contributed by atoms with E-state index in [9.17, 15) is 9.59 Å². The van der Waals surface area contributed by atoms with Gasteiger partial charge in [0.05, 0.1) is 13.7 Å². The maximum atomic E-state index is 13.1. The van der Waals surface area contributed by atoms with Crippen LogP contribution in [0.1, 0.15) is 36.9 Å². The summed E-state index contributed by atoms with van der Waals surface area (Å²) in [6.45, 7) is 2.52. The molecule has 0 N–H and O–H groups in total. The Morgan fingerprint density at radius 1 is 1.17 bits per heavy atom. The van der Waals surface area contributed by atoms with Gasteiger partial charge in [-0.25, -0.2) is 9.69 Å². The summed E-state index contributed by atoms with van der Waals surface area (Å²) in [6, 6.07) is 14.5. The van der Waals surface area contributed by atoms with Crippen LogP contribution in [-0.2, 0) is 9.53 Å². The van der Waals surface area contributed by atoms with Gasteiger partial charge >= 0.3 is 6.09 Å². The number of nitrogens with zero attached hydrogens (tertiary/aromatic N) is 1. The van der Waals surface area contributed by atoms with Crippen molar-refractivity contribution in [2.24, 2.45) is 5.92 Å². The van der Waals surface area contributed by atoms with Gasteiger partial charge in [0.2, 0.25) is 0 Å². The molecule has 6 heteroatoms. The summed E-state index contributed by atoms with van der Waals surface area (Å²) >= 11 is 0. The van der Waals surface area contributed by atoms with Crippen molar-refractivity contribution in [3.8, 4) is 11.5 Å². The third-order valence-corrected chi connectivity index (χ3v) is 5.36. The first-order valence-corrected chi connectivity index (χ1v) is 10.1. The van der Waals surface area contributed by atoms with Gasteiger partial charge in [-0.1, -0.05) is 36.4 Å². The van der Waals surface area contributed by atoms with E-state index in [-0.39, 0.29) is 12.5 Å². The van der Waals surface area contributed by atoms with Gasteiger partial charge in [-0.3, -0.25) is 4.79 Å². The Balaban J connectivity index is 1.55. The molecule has 1 atom stereocenters. The first-order chi connectivity index (χ1) is 14.6. The molecule has 156 valence electrons. The third-order valence-electron chi connectivity index (χ3n) is 5.36. The predicted molar refractivity (Wildman–Crippen MR) is 112 cm³/mol. The highest BCUT2D eigenvalue weighted by Crippen LogP contribution is 2.34. The molecular weight excluding hydrogens is 382 g/mol. The molecule has 2 aliphatic rings. The molecule has 0 spiro atoms. The summed E-state index contributed by atoms with van der Waals surface area (Å²) in [5.41, 5.74) is 2.11. The molecule has 1 unspecified atom stereocenters. The number of benzene rings is 2. The zero-order valence-electron chi connectivity index (χ0n) is 17.2. The van der Waals surface area contributed by atoms with Gasteiger partial charge in [0.1, 0.15) is 12.6 Å². The largest absolute Gasteiger partial charge is 0.493 e. The minimum Gasteiger partial charge on any atom is -0.493 e. The molecular formula is C24H25NO5. The van der Waals surface area contributed by atoms with Gasteiger partial charge < -0.3 is 14.2 Å². The van der Waals surface area contributed by atoms with Crippen LogP contribution in [0.25, 0.3) is 6.08 Å². The van der Waals surface area contributed by atoms with Crippen molar-refractivity contribution in [2.75, 3.05) is 20.3 Å². The molecule has 6 nitrogen and oxygen atoms in total. The number of rotatable bonds is 7. The number of hydrogen-bond acceptors (Lipinski definition) is 5. The molecule has 1 saturated heterocycles. The van der Waals surface area contributed by atoms with E-state index in [4.69, 9.17) is 14.2 Å². The number of imide groups is 1. The molecule has 1 heterocycles. The molecule has 2 aromatic carbocycles. The van der Waals surface area contributed by atoms with E-state index in [1.54, 1.807) is 20.1 Å². The second kappa shape index (κ2) is 8.61. The number of methoxy groups -OCH3 is 1. The molecule has 0 radical (unpaired) electrons. The lowest BCUT2D eigenvalue weighted by Crippen LogP contribution is -2.34. The highest BCUT2D eigenvalue weighted by atomic mass is 16.6. The Morgan fingerprint density at radius 3 is 2.63 bits per heavy atom. The third kappa shape index (κ3) is 4.32. The van der Waals surface area contributed by atoms with E-state index in [2.05, 4.69) is 0 Å². The first kappa shape index (κ1) is 20.0. The summed E-state index contributed by atoms with van der Waals surface area (Å²) in [6.07, 6.45) is 3.53. The lowest BCUT2D eigenvalue weighted by molar-refractivity contribution is -0.125. The van der Waals surface area contributed by atoms with Crippen LogP contribution in [-0.4, -0.2) is 37.2 Å². The Labute approximate surface area is 176 Å². The Hall–Kier alpha value is -3.28. The van der Waals surface area contributed by atoms with Crippen LogP contribution in [0.3, 0.4) is 0 Å². The highest BCUT2D eigenvalue weighted by molar-refractivity contribution is 6.05. The fourth-order valence-corrected chi connectivity index (χ4v) is 3.46. The molecule has 0 aromatic heterocycles. The average molecular weight is 407 g/mol. The molecule has 0 bridgehead atoms. The first-order valence-electron chi connectivity index (χ1n) is 10.1. The van der Waals surface area contributed by atoms with Gasteiger partial charge in [0, 0.05) is 5.57 Å². The monoisotopic (exact) mass is 407 g/mol. The van der Waals surface area contributed by atoms with Crippen molar-refractivity contribution in [2.45, 2.75) is 25.8 Å². The summed E-state index contributed by atoms with van der Waals surface area (Å²) in [4.78, 5) is 26.5. The minimum absolute atomic E-state index is 0.156. The van der Waals surface area contributed by atoms with Crippen LogP contribution < -0.4 is 9.47 Å². The molecule has 1 aliphatic heterocycles. The van der Waals surface area contributed by atoms with Crippen LogP contribution in [0.15, 0.2) is 54.1 Å². The van der Waals surface area contributed by atoms with E-state index < -0.39 is 12.1 Å². The van der Waals surface area contributed by atoms with Crippen LogP contribution in [0.5, 0.6) is 11.5 Å². The molecule has 1 aliphatic carbocycles. The molecule has 30 heavy (non-hydrogen) atoms. The van der Waals surface area contributed by atoms with E-state index in [1.807, 2.05) is 48.5 Å². The number of cyclic esters (lactones) is 1. The molecule has 2 amide bonds. The Kier molecular flexibility index (Phi) is 5.74. The fourth-order valence-electron chi connectivity index (χ4n) is 3.46. The van der Waals surface area contributed by atoms with Crippen molar-refractivity contribution in [1.82, 2.24) is 4.90 Å². The standard InChI is InChI=1S/C24H25NO5/c1-16(12-18-10-11-21(28-2)22(13-18)29-14-17-8-9-17)23(26)25-20(15-30-24(25)27)19-6-4-3-5-7-19/h3-7,10-13,17,20H,8-9,14-15H2,1-2H3/b16-12+. The topological polar surface area (TPSA) is 65.1 Å². The highest BCUT2D eigenvalue weighted by Gasteiger charge is 2.39. The van der Waals surface area contributed by atoms with Crippen LogP contribution in [0, 0.1) is 5.92 Å². The van der Waals surface area contributed by atoms with Gasteiger partial charge in [-0.05, 0) is 55.0 Å². The normalized spacial score (nSPS) is 18.9. The number of amides is 2. The number of carbonyl (C=O) groups excluding carboxylic acids is 2. The van der Waals surface area contributed by atoms with Crippen molar-refractivity contribution in [1.29, 1.82) is 0 Å². The van der Waals surface area contributed by atoms with Gasteiger partial charge in [-0.2, -0.15) is 0 Å². The quantitative estimate of drug-likeness (QED) is 0.627. The molecule has 2 fully saturated rings. The molecule has 4 rings (SSSR count). The molecule has 2 aromatic rings. The van der Waals surface area contributed by atoms with Crippen molar-refractivity contribution < 1.29 is 23.8 Å². The SMILES string of the molecule is COc1ccc(/C=C(\C)C(=O)N2C(=O)OCC2c2ccccc2)cc1OCC1CC1. The zero-order chi connectivity index (χ0) is 21.1. The number of ether oxygens (including phenoxy) is 3. The summed E-state index contributed by atoms with van der Waals surface area (Å²) in [5.74, 6) is 1.56. The van der Waals surface area contributed by atoms with Gasteiger partial charge in [0.15, 0.2) is 11.5 Å². The van der Waals surface area contributed by atoms with Gasteiger partial charge in [0.25, 0.3) is 5.91 Å². The van der Waals surface area contributed by atoms with E-state index in [0.29, 0.717) is 29.6 Å². The van der Waals surface area contributed by atoms with Gasteiger partial charge in [-0.15, -0.1) is 0 Å². The number of carbonyl (C=O) groups is 2. The van der Waals surface area contributed by atoms with E-state index >= 15 is 0 Å². The summed E-state index contributed by atoms with van der Waals surface area (Å²) < 4.78 is 16.5. The second-order valence-corrected chi connectivity index (χ2v) is 7.67. The average Bonchev–Trinajstić information content (AvgIpc) is 3.52. The van der Waals surface area contributed by atoms with Crippen molar-refractivity contribution in [3.05, 3.63) is 65.2 Å². The number of hydrogen-bond donors (Lipinski definition) is 0. The zero-order valence-corrected chi connectivity index (χ0v) is 17.2. The van der Waals surface area contributed by atoms with Crippen LogP contribution >= 0.6 is 0 Å². The lowest BCUT2D eigenvalue weighted by Gasteiger charge is -2.20. The van der Waals surface area contributed by atoms with E-state index in [0.717, 1.165) is 11.1 Å². The second-order valence-electron chi connectivity index (χ2n) is 7.67. The fraction of sp³-hybridized carbons (Fsp3) is 0.333. The maximum Gasteiger partial charge on any atom is 0.417 e. The summed E-state index contributed by atoms with van der Waals surface area (Å²) in [5, 5.41) is 0. The smallest absolute Gasteiger partial charge is 0.417 e. The Morgan fingerprint density at radius 2 is 1.93 bits per heavy atom. The van der Waals surface area contributed by atoms with Crippen molar-refractivity contribution >= 4 is 18.1 Å². The minimum atomic E-state index is -0.621. The van der Waals surface area contributed by atoms with E-state index in [1.165, 1.54) is 17.7 Å². The molecule has 1 saturated carbocycles. The maximum absolute atomic E-state index is 13.1. The van der Waals surface area contributed by atoms with Crippen LogP contribution in [0.2, 0.25) is 0 Å².